The first kappa shape index (κ1) is 19.6. The molecule has 0 fully saturated rings. The third-order valence-corrected chi connectivity index (χ3v) is 6.85. The summed E-state index contributed by atoms with van der Waals surface area (Å²) in [5.74, 6) is 1.75. The van der Waals surface area contributed by atoms with E-state index >= 15 is 0 Å². The van der Waals surface area contributed by atoms with E-state index in [9.17, 15) is 0 Å². The molecule has 0 N–H and O–H groups in total. The van der Waals surface area contributed by atoms with Gasteiger partial charge in [0, 0.05) is 11.1 Å². The van der Waals surface area contributed by atoms with Crippen molar-refractivity contribution in [3.05, 3.63) is 119 Å². The van der Waals surface area contributed by atoms with Gasteiger partial charge in [0.05, 0.1) is 39.0 Å². The number of ether oxygens (including phenoxy) is 4. The van der Waals surface area contributed by atoms with Crippen LogP contribution < -0.4 is 9.47 Å². The summed E-state index contributed by atoms with van der Waals surface area (Å²) >= 11 is 0. The van der Waals surface area contributed by atoms with Crippen molar-refractivity contribution < 1.29 is 18.9 Å². The summed E-state index contributed by atoms with van der Waals surface area (Å²) in [7, 11) is 0. The van der Waals surface area contributed by atoms with Crippen molar-refractivity contribution in [1.29, 1.82) is 0 Å². The Bertz CT molecular complexity index is 1350. The van der Waals surface area contributed by atoms with Gasteiger partial charge >= 0.3 is 0 Å². The number of rotatable bonds is 0. The monoisotopic (exact) mass is 446 g/mol. The van der Waals surface area contributed by atoms with Crippen LogP contribution in [-0.2, 0) is 22.7 Å². The van der Waals surface area contributed by atoms with Crippen LogP contribution in [-0.4, -0.2) is 13.2 Å². The van der Waals surface area contributed by atoms with Gasteiger partial charge in [-0.05, 0) is 81.0 Å². The van der Waals surface area contributed by atoms with Crippen molar-refractivity contribution in [2.24, 2.45) is 0 Å². The lowest BCUT2D eigenvalue weighted by Gasteiger charge is -2.29. The molecule has 0 saturated carbocycles. The molecular formula is C30H22O4. The lowest BCUT2D eigenvalue weighted by atomic mass is 9.83. The van der Waals surface area contributed by atoms with Gasteiger partial charge in [0.25, 0.3) is 0 Å². The molecule has 0 radical (unpaired) electrons. The average molecular weight is 447 g/mol. The molecule has 0 bridgehead atoms. The SMILES string of the molecule is C1=C/C(=C2/COCc3cc4c(cc32)/C(=C2\C=COc3ccccc32)COC4)c2ccccc2O1. The van der Waals surface area contributed by atoms with Gasteiger partial charge in [0.15, 0.2) is 0 Å². The van der Waals surface area contributed by atoms with E-state index in [0.717, 1.165) is 33.8 Å². The molecule has 0 unspecified atom stereocenters. The molecule has 7 rings (SSSR count). The second kappa shape index (κ2) is 7.87. The van der Waals surface area contributed by atoms with Crippen molar-refractivity contribution in [3.63, 3.8) is 0 Å². The van der Waals surface area contributed by atoms with E-state index in [-0.39, 0.29) is 0 Å². The Morgan fingerprint density at radius 1 is 0.500 bits per heavy atom. The van der Waals surface area contributed by atoms with E-state index in [1.807, 2.05) is 36.4 Å². The molecular weight excluding hydrogens is 424 g/mol. The van der Waals surface area contributed by atoms with Gasteiger partial charge in [0.2, 0.25) is 0 Å². The minimum Gasteiger partial charge on any atom is -0.464 e. The highest BCUT2D eigenvalue weighted by atomic mass is 16.5. The van der Waals surface area contributed by atoms with Crippen LogP contribution in [0.25, 0.3) is 22.3 Å². The van der Waals surface area contributed by atoms with Gasteiger partial charge in [-0.1, -0.05) is 36.4 Å². The molecule has 0 spiro atoms. The fraction of sp³-hybridized carbons (Fsp3) is 0.133. The third-order valence-electron chi connectivity index (χ3n) is 6.85. The summed E-state index contributed by atoms with van der Waals surface area (Å²) in [4.78, 5) is 0. The largest absolute Gasteiger partial charge is 0.464 e. The van der Waals surface area contributed by atoms with Crippen molar-refractivity contribution in [2.45, 2.75) is 13.2 Å². The molecule has 0 aliphatic carbocycles. The average Bonchev–Trinajstić information content (AvgIpc) is 2.91. The molecule has 0 amide bonds. The molecule has 4 heterocycles. The minimum absolute atomic E-state index is 0.568. The number of hydrogen-bond acceptors (Lipinski definition) is 4. The Labute approximate surface area is 198 Å². The molecule has 34 heavy (non-hydrogen) atoms. The molecule has 3 aromatic carbocycles. The molecule has 3 aromatic rings. The van der Waals surface area contributed by atoms with E-state index in [0.29, 0.717) is 26.4 Å². The summed E-state index contributed by atoms with van der Waals surface area (Å²) in [6, 6.07) is 20.9. The fourth-order valence-electron chi connectivity index (χ4n) is 5.26. The van der Waals surface area contributed by atoms with Crippen LogP contribution in [0.15, 0.2) is 85.3 Å². The normalized spacial score (nSPS) is 22.1. The first-order valence-corrected chi connectivity index (χ1v) is 11.5. The van der Waals surface area contributed by atoms with E-state index < -0.39 is 0 Å². The van der Waals surface area contributed by atoms with Gasteiger partial charge in [-0.25, -0.2) is 0 Å². The van der Waals surface area contributed by atoms with Crippen LogP contribution in [0, 0.1) is 0 Å². The number of fused-ring (bicyclic) bond motifs is 4. The lowest BCUT2D eigenvalue weighted by Crippen LogP contribution is -2.17. The molecule has 4 nitrogen and oxygen atoms in total. The zero-order valence-electron chi connectivity index (χ0n) is 18.5. The molecule has 4 aliphatic rings. The molecule has 4 heteroatoms. The fourth-order valence-corrected chi connectivity index (χ4v) is 5.26. The quantitative estimate of drug-likeness (QED) is 0.402. The Balaban J connectivity index is 1.45. The van der Waals surface area contributed by atoms with E-state index in [4.69, 9.17) is 18.9 Å². The molecule has 0 aromatic heterocycles. The number of hydrogen-bond donors (Lipinski definition) is 0. The highest BCUT2D eigenvalue weighted by Crippen LogP contribution is 2.43. The van der Waals surface area contributed by atoms with Crippen molar-refractivity contribution >= 4 is 22.3 Å². The lowest BCUT2D eigenvalue weighted by molar-refractivity contribution is 0.141. The first-order chi connectivity index (χ1) is 16.9. The number of benzene rings is 3. The van der Waals surface area contributed by atoms with Crippen LogP contribution in [0.3, 0.4) is 0 Å². The zero-order chi connectivity index (χ0) is 22.5. The molecule has 0 atom stereocenters. The Hall–Kier alpha value is -3.86. The van der Waals surface area contributed by atoms with Gasteiger partial charge in [-0.3, -0.25) is 0 Å². The zero-order valence-corrected chi connectivity index (χ0v) is 18.5. The third kappa shape index (κ3) is 3.07. The smallest absolute Gasteiger partial charge is 0.134 e. The topological polar surface area (TPSA) is 36.9 Å². The standard InChI is InChI=1S/C30H22O4/c1-3-7-29-23(5-1)21(9-11-33-29)27-17-31-15-19-13-20-16-32-18-28(26(20)14-25(19)27)22-10-12-34-30-8-4-2-6-24(22)30/h1-14H,15-18H2/b27-21+,28-22+. The van der Waals surface area contributed by atoms with Crippen LogP contribution >= 0.6 is 0 Å². The Kier molecular flexibility index (Phi) is 4.54. The van der Waals surface area contributed by atoms with E-state index in [1.165, 1.54) is 33.4 Å². The first-order valence-electron chi connectivity index (χ1n) is 11.5. The van der Waals surface area contributed by atoms with Crippen LogP contribution in [0.4, 0.5) is 0 Å². The van der Waals surface area contributed by atoms with Gasteiger partial charge in [-0.15, -0.1) is 0 Å². The highest BCUT2D eigenvalue weighted by Gasteiger charge is 2.27. The maximum absolute atomic E-state index is 6.04. The van der Waals surface area contributed by atoms with Crippen LogP contribution in [0.5, 0.6) is 11.5 Å². The highest BCUT2D eigenvalue weighted by molar-refractivity contribution is 6.02. The van der Waals surface area contributed by atoms with E-state index in [1.54, 1.807) is 12.5 Å². The second-order valence-electron chi connectivity index (χ2n) is 8.77. The summed E-state index contributed by atoms with van der Waals surface area (Å²) in [6.07, 6.45) is 7.63. The molecule has 166 valence electrons. The maximum atomic E-state index is 6.04. The molecule has 0 saturated heterocycles. The maximum Gasteiger partial charge on any atom is 0.134 e. The Morgan fingerprint density at radius 3 is 1.53 bits per heavy atom. The van der Waals surface area contributed by atoms with E-state index in [2.05, 4.69) is 36.4 Å². The van der Waals surface area contributed by atoms with Gasteiger partial charge < -0.3 is 18.9 Å². The van der Waals surface area contributed by atoms with Crippen molar-refractivity contribution in [1.82, 2.24) is 0 Å². The Morgan fingerprint density at radius 2 is 1.00 bits per heavy atom. The summed E-state index contributed by atoms with van der Waals surface area (Å²) in [5, 5.41) is 0. The second-order valence-corrected chi connectivity index (χ2v) is 8.77. The molecule has 4 aliphatic heterocycles. The van der Waals surface area contributed by atoms with Gasteiger partial charge in [0.1, 0.15) is 11.5 Å². The van der Waals surface area contributed by atoms with Crippen LogP contribution in [0.2, 0.25) is 0 Å². The predicted octanol–water partition coefficient (Wildman–Crippen LogP) is 6.38. The van der Waals surface area contributed by atoms with Crippen molar-refractivity contribution in [2.75, 3.05) is 13.2 Å². The summed E-state index contributed by atoms with van der Waals surface area (Å²) < 4.78 is 23.6. The summed E-state index contributed by atoms with van der Waals surface area (Å²) in [5.41, 5.74) is 11.8. The number of para-hydroxylation sites is 2. The summed E-state index contributed by atoms with van der Waals surface area (Å²) in [6.45, 7) is 2.34. The van der Waals surface area contributed by atoms with Crippen LogP contribution in [0.1, 0.15) is 33.4 Å². The predicted molar refractivity (Wildman–Crippen MR) is 132 cm³/mol. The number of allylic oxidation sites excluding steroid dienone is 4. The van der Waals surface area contributed by atoms with Crippen molar-refractivity contribution in [3.8, 4) is 11.5 Å². The van der Waals surface area contributed by atoms with Gasteiger partial charge in [-0.2, -0.15) is 0 Å². The minimum atomic E-state index is 0.568.